The molecule has 2 aromatic rings. The van der Waals surface area contributed by atoms with Crippen molar-refractivity contribution in [1.82, 2.24) is 0 Å². The lowest BCUT2D eigenvalue weighted by Crippen LogP contribution is -2.30. The van der Waals surface area contributed by atoms with Crippen molar-refractivity contribution in [3.8, 4) is 0 Å². The average Bonchev–Trinajstić information content (AvgIpc) is 2.94. The van der Waals surface area contributed by atoms with E-state index in [0.717, 1.165) is 11.6 Å². The summed E-state index contributed by atoms with van der Waals surface area (Å²) >= 11 is 7.30. The number of amides is 1. The van der Waals surface area contributed by atoms with Crippen molar-refractivity contribution in [2.45, 2.75) is 19.4 Å². The van der Waals surface area contributed by atoms with E-state index in [2.05, 4.69) is 5.32 Å². The second-order valence-corrected chi connectivity index (χ2v) is 5.74. The predicted molar refractivity (Wildman–Crippen MR) is 83.6 cm³/mol. The Balaban J connectivity index is 1.90. The average molecular weight is 342 g/mol. The molecule has 1 amide bonds. The summed E-state index contributed by atoms with van der Waals surface area (Å²) in [6.07, 6.45) is -0.870. The molecule has 0 saturated carbocycles. The fourth-order valence-corrected chi connectivity index (χ4v) is 2.56. The number of esters is 1. The molecule has 22 heavy (non-hydrogen) atoms. The first-order chi connectivity index (χ1) is 10.5. The van der Waals surface area contributed by atoms with Gasteiger partial charge in [0.2, 0.25) is 0 Å². The number of hydrogen-bond donors (Lipinski definition) is 1. The van der Waals surface area contributed by atoms with Crippen molar-refractivity contribution in [1.29, 1.82) is 0 Å². The van der Waals surface area contributed by atoms with E-state index < -0.39 is 23.8 Å². The van der Waals surface area contributed by atoms with Crippen LogP contribution < -0.4 is 5.32 Å². The molecular formula is C15H13ClFNO3S. The number of benzene rings is 1. The lowest BCUT2D eigenvalue weighted by molar-refractivity contribution is -0.152. The zero-order valence-electron chi connectivity index (χ0n) is 11.6. The second kappa shape index (κ2) is 7.38. The molecule has 1 heterocycles. The highest BCUT2D eigenvalue weighted by Gasteiger charge is 2.19. The van der Waals surface area contributed by atoms with Gasteiger partial charge in [-0.25, -0.2) is 4.39 Å². The molecule has 0 spiro atoms. The number of rotatable bonds is 5. The van der Waals surface area contributed by atoms with Crippen LogP contribution in [0.25, 0.3) is 0 Å². The smallest absolute Gasteiger partial charge is 0.311 e. The van der Waals surface area contributed by atoms with E-state index in [9.17, 15) is 14.0 Å². The van der Waals surface area contributed by atoms with Gasteiger partial charge in [-0.1, -0.05) is 11.6 Å². The van der Waals surface area contributed by atoms with Gasteiger partial charge in [0.05, 0.1) is 17.1 Å². The Morgan fingerprint density at radius 2 is 2.18 bits per heavy atom. The largest absolute Gasteiger partial charge is 0.452 e. The summed E-state index contributed by atoms with van der Waals surface area (Å²) in [6, 6.07) is 5.42. The highest BCUT2D eigenvalue weighted by atomic mass is 35.5. The fraction of sp³-hybridized carbons (Fsp3) is 0.200. The summed E-state index contributed by atoms with van der Waals surface area (Å²) in [4.78, 5) is 23.7. The minimum atomic E-state index is -0.979. The number of anilines is 1. The van der Waals surface area contributed by atoms with Crippen LogP contribution >= 0.6 is 22.9 Å². The Morgan fingerprint density at radius 3 is 2.82 bits per heavy atom. The first kappa shape index (κ1) is 16.5. The maximum absolute atomic E-state index is 12.9. The lowest BCUT2D eigenvalue weighted by Gasteiger charge is -2.14. The zero-order chi connectivity index (χ0) is 16.1. The number of carbonyl (C=O) groups excluding carboxylic acids is 2. The van der Waals surface area contributed by atoms with Gasteiger partial charge in [-0.15, -0.1) is 0 Å². The van der Waals surface area contributed by atoms with Crippen LogP contribution in [0, 0.1) is 5.82 Å². The van der Waals surface area contributed by atoms with Crippen LogP contribution in [0.4, 0.5) is 10.1 Å². The Morgan fingerprint density at radius 1 is 1.41 bits per heavy atom. The van der Waals surface area contributed by atoms with E-state index >= 15 is 0 Å². The molecule has 2 rings (SSSR count). The Labute approximate surface area is 135 Å². The van der Waals surface area contributed by atoms with E-state index in [-0.39, 0.29) is 17.1 Å². The molecule has 0 saturated heterocycles. The van der Waals surface area contributed by atoms with Gasteiger partial charge in [-0.05, 0) is 47.5 Å². The lowest BCUT2D eigenvalue weighted by atomic mass is 10.2. The summed E-state index contributed by atoms with van der Waals surface area (Å²) in [5.74, 6) is -1.53. The predicted octanol–water partition coefficient (Wildman–Crippen LogP) is 3.65. The molecule has 0 radical (unpaired) electrons. The maximum Gasteiger partial charge on any atom is 0.311 e. The van der Waals surface area contributed by atoms with E-state index in [1.165, 1.54) is 30.4 Å². The molecule has 4 nitrogen and oxygen atoms in total. The van der Waals surface area contributed by atoms with Crippen LogP contribution in [0.15, 0.2) is 35.0 Å². The fourth-order valence-electron chi connectivity index (χ4n) is 1.68. The Hall–Kier alpha value is -1.92. The standard InChI is InChI=1S/C15H13ClFNO3S/c1-9(21-14(19)6-10-4-5-22-8-10)15(20)18-13-3-2-11(17)7-12(13)16/h2-5,7-9H,6H2,1H3,(H,18,20)/t9-/m0/s1. The molecule has 0 unspecified atom stereocenters. The number of ether oxygens (including phenoxy) is 1. The number of carbonyl (C=O) groups is 2. The quantitative estimate of drug-likeness (QED) is 0.844. The third-order valence-corrected chi connectivity index (χ3v) is 3.84. The summed E-state index contributed by atoms with van der Waals surface area (Å²) in [7, 11) is 0. The van der Waals surface area contributed by atoms with Gasteiger partial charge in [-0.3, -0.25) is 9.59 Å². The number of hydrogen-bond acceptors (Lipinski definition) is 4. The molecule has 0 aliphatic rings. The van der Waals surface area contributed by atoms with E-state index in [1.54, 1.807) is 0 Å². The van der Waals surface area contributed by atoms with Crippen molar-refractivity contribution in [3.05, 3.63) is 51.4 Å². The molecule has 116 valence electrons. The van der Waals surface area contributed by atoms with Crippen molar-refractivity contribution in [2.75, 3.05) is 5.32 Å². The Bertz CT molecular complexity index is 675. The summed E-state index contributed by atoms with van der Waals surface area (Å²) < 4.78 is 18.0. The molecule has 1 aromatic heterocycles. The van der Waals surface area contributed by atoms with E-state index in [1.807, 2.05) is 16.8 Å². The first-order valence-electron chi connectivity index (χ1n) is 6.42. The van der Waals surface area contributed by atoms with Gasteiger partial charge in [0, 0.05) is 0 Å². The zero-order valence-corrected chi connectivity index (χ0v) is 13.2. The maximum atomic E-state index is 12.9. The summed E-state index contributed by atoms with van der Waals surface area (Å²) in [5, 5.41) is 6.26. The van der Waals surface area contributed by atoms with Crippen molar-refractivity contribution in [3.63, 3.8) is 0 Å². The third kappa shape index (κ3) is 4.54. The molecule has 0 aliphatic heterocycles. The van der Waals surface area contributed by atoms with Gasteiger partial charge >= 0.3 is 5.97 Å². The molecule has 0 aliphatic carbocycles. The minimum Gasteiger partial charge on any atom is -0.452 e. The van der Waals surface area contributed by atoms with Gasteiger partial charge in [0.25, 0.3) is 5.91 Å². The van der Waals surface area contributed by atoms with Crippen molar-refractivity contribution >= 4 is 40.5 Å². The third-order valence-electron chi connectivity index (χ3n) is 2.80. The summed E-state index contributed by atoms with van der Waals surface area (Å²) in [5.41, 5.74) is 1.10. The van der Waals surface area contributed by atoms with Crippen LogP contribution in [0.1, 0.15) is 12.5 Å². The van der Waals surface area contributed by atoms with Gasteiger partial charge < -0.3 is 10.1 Å². The van der Waals surface area contributed by atoms with Crippen molar-refractivity contribution in [2.24, 2.45) is 0 Å². The Kier molecular flexibility index (Phi) is 5.51. The van der Waals surface area contributed by atoms with E-state index in [0.29, 0.717) is 0 Å². The van der Waals surface area contributed by atoms with Gasteiger partial charge in [-0.2, -0.15) is 11.3 Å². The molecular weight excluding hydrogens is 329 g/mol. The SMILES string of the molecule is C[C@H](OC(=O)Cc1ccsc1)C(=O)Nc1ccc(F)cc1Cl. The number of nitrogens with one attached hydrogen (secondary N) is 1. The highest BCUT2D eigenvalue weighted by Crippen LogP contribution is 2.22. The molecule has 1 atom stereocenters. The first-order valence-corrected chi connectivity index (χ1v) is 7.74. The number of thiophene rings is 1. The van der Waals surface area contributed by atoms with Crippen LogP contribution in [-0.4, -0.2) is 18.0 Å². The molecule has 7 heteroatoms. The number of halogens is 2. The normalized spacial score (nSPS) is 11.8. The van der Waals surface area contributed by atoms with Gasteiger partial charge in [0.15, 0.2) is 6.10 Å². The minimum absolute atomic E-state index is 0.0742. The molecule has 0 bridgehead atoms. The highest BCUT2D eigenvalue weighted by molar-refractivity contribution is 7.08. The molecule has 0 fully saturated rings. The van der Waals surface area contributed by atoms with Crippen LogP contribution in [-0.2, 0) is 20.7 Å². The monoisotopic (exact) mass is 341 g/mol. The van der Waals surface area contributed by atoms with Crippen LogP contribution in [0.2, 0.25) is 5.02 Å². The van der Waals surface area contributed by atoms with Crippen LogP contribution in [0.3, 0.4) is 0 Å². The van der Waals surface area contributed by atoms with Crippen LogP contribution in [0.5, 0.6) is 0 Å². The summed E-state index contributed by atoms with van der Waals surface area (Å²) in [6.45, 7) is 1.46. The van der Waals surface area contributed by atoms with E-state index in [4.69, 9.17) is 16.3 Å². The van der Waals surface area contributed by atoms with Gasteiger partial charge in [0.1, 0.15) is 5.82 Å². The van der Waals surface area contributed by atoms with Crippen molar-refractivity contribution < 1.29 is 18.7 Å². The topological polar surface area (TPSA) is 55.4 Å². The molecule has 1 aromatic carbocycles. The second-order valence-electron chi connectivity index (χ2n) is 4.55. The molecule has 1 N–H and O–H groups in total.